The Bertz CT molecular complexity index is 825. The van der Waals surface area contributed by atoms with E-state index in [1.165, 1.54) is 17.4 Å². The Balaban J connectivity index is 1.57. The summed E-state index contributed by atoms with van der Waals surface area (Å²) in [7, 11) is 0. The lowest BCUT2D eigenvalue weighted by atomic mass is 10.1. The highest BCUT2D eigenvalue weighted by atomic mass is 32.1. The molecule has 1 aromatic carbocycles. The first-order chi connectivity index (χ1) is 13.1. The van der Waals surface area contributed by atoms with E-state index in [4.69, 9.17) is 0 Å². The third-order valence-corrected chi connectivity index (χ3v) is 5.71. The van der Waals surface area contributed by atoms with Crippen molar-refractivity contribution >= 4 is 40.0 Å². The molecule has 2 aromatic rings. The number of rotatable bonds is 7. The van der Waals surface area contributed by atoms with Gasteiger partial charge in [0.1, 0.15) is 5.01 Å². The van der Waals surface area contributed by atoms with E-state index < -0.39 is 0 Å². The molecule has 1 aliphatic rings. The van der Waals surface area contributed by atoms with Crippen LogP contribution in [0.3, 0.4) is 0 Å². The quantitative estimate of drug-likeness (QED) is 0.725. The Kier molecular flexibility index (Phi) is 6.34. The summed E-state index contributed by atoms with van der Waals surface area (Å²) in [5.74, 6) is 0.327. The molecule has 1 saturated heterocycles. The van der Waals surface area contributed by atoms with E-state index in [-0.39, 0.29) is 11.8 Å². The topological polar surface area (TPSA) is 75.2 Å². The molecule has 1 fully saturated rings. The van der Waals surface area contributed by atoms with Gasteiger partial charge < -0.3 is 4.90 Å². The van der Waals surface area contributed by atoms with E-state index in [0.717, 1.165) is 42.1 Å². The molecule has 0 aliphatic carbocycles. The summed E-state index contributed by atoms with van der Waals surface area (Å²) >= 11 is 1.43. The van der Waals surface area contributed by atoms with Crippen molar-refractivity contribution < 1.29 is 9.59 Å². The largest absolute Gasteiger partial charge is 0.312 e. The molecule has 0 radical (unpaired) electrons. The molecule has 6 nitrogen and oxygen atoms in total. The zero-order valence-electron chi connectivity index (χ0n) is 15.6. The van der Waals surface area contributed by atoms with E-state index in [2.05, 4.69) is 29.4 Å². The molecule has 1 N–H and O–H groups in total. The molecular formula is C20H24N4O2S. The Morgan fingerprint density at radius 2 is 2.00 bits per heavy atom. The van der Waals surface area contributed by atoms with E-state index in [1.54, 1.807) is 11.0 Å². The minimum Gasteiger partial charge on any atom is -0.312 e. The van der Waals surface area contributed by atoms with Gasteiger partial charge in [0.15, 0.2) is 0 Å². The number of hydrogen-bond acceptors (Lipinski definition) is 5. The Morgan fingerprint density at radius 1 is 1.26 bits per heavy atom. The summed E-state index contributed by atoms with van der Waals surface area (Å²) in [6, 6.07) is 7.63. The molecule has 27 heavy (non-hydrogen) atoms. The van der Waals surface area contributed by atoms with E-state index >= 15 is 0 Å². The molecule has 0 unspecified atom stereocenters. The number of carbonyl (C=O) groups excluding carboxylic acids is 2. The van der Waals surface area contributed by atoms with Gasteiger partial charge in [0.2, 0.25) is 16.9 Å². The number of anilines is 2. The third kappa shape index (κ3) is 4.80. The first-order valence-corrected chi connectivity index (χ1v) is 10.1. The van der Waals surface area contributed by atoms with Crippen LogP contribution in [0.25, 0.3) is 6.08 Å². The second kappa shape index (κ2) is 8.90. The molecule has 7 heteroatoms. The number of benzene rings is 1. The molecule has 0 spiro atoms. The summed E-state index contributed by atoms with van der Waals surface area (Å²) in [4.78, 5) is 25.7. The van der Waals surface area contributed by atoms with Gasteiger partial charge in [-0.3, -0.25) is 14.9 Å². The summed E-state index contributed by atoms with van der Waals surface area (Å²) < 4.78 is 0. The van der Waals surface area contributed by atoms with Crippen LogP contribution in [-0.2, 0) is 9.59 Å². The maximum atomic E-state index is 12.1. The van der Waals surface area contributed by atoms with E-state index in [1.807, 2.05) is 24.3 Å². The normalized spacial score (nSPS) is 14.5. The minimum atomic E-state index is -0.235. The van der Waals surface area contributed by atoms with E-state index in [9.17, 15) is 9.59 Å². The van der Waals surface area contributed by atoms with Crippen LogP contribution >= 0.6 is 11.3 Å². The van der Waals surface area contributed by atoms with Crippen LogP contribution < -0.4 is 10.2 Å². The molecule has 1 aliphatic heterocycles. The SMILES string of the molecule is CCC(CC)c1nnc(NC(=O)/C=C/c2ccc(N3CCCC3=O)cc2)s1. The summed E-state index contributed by atoms with van der Waals surface area (Å²) in [5.41, 5.74) is 1.80. The van der Waals surface area contributed by atoms with Gasteiger partial charge >= 0.3 is 0 Å². The molecule has 3 rings (SSSR count). The molecule has 0 saturated carbocycles. The van der Waals surface area contributed by atoms with Crippen molar-refractivity contribution in [3.05, 3.63) is 40.9 Å². The summed E-state index contributed by atoms with van der Waals surface area (Å²) in [6.45, 7) is 5.03. The molecule has 0 bridgehead atoms. The predicted molar refractivity (Wildman–Crippen MR) is 109 cm³/mol. The van der Waals surface area contributed by atoms with Gasteiger partial charge in [0, 0.05) is 30.6 Å². The van der Waals surface area contributed by atoms with Crippen molar-refractivity contribution in [2.75, 3.05) is 16.8 Å². The van der Waals surface area contributed by atoms with Crippen molar-refractivity contribution in [1.29, 1.82) is 0 Å². The highest BCUT2D eigenvalue weighted by molar-refractivity contribution is 7.15. The van der Waals surface area contributed by atoms with Gasteiger partial charge in [-0.2, -0.15) is 0 Å². The van der Waals surface area contributed by atoms with Crippen LogP contribution in [0, 0.1) is 0 Å². The van der Waals surface area contributed by atoms with Gasteiger partial charge in [-0.15, -0.1) is 10.2 Å². The molecule has 1 aromatic heterocycles. The van der Waals surface area contributed by atoms with Crippen LogP contribution in [-0.4, -0.2) is 28.6 Å². The Hall–Kier alpha value is -2.54. The predicted octanol–water partition coefficient (Wildman–Crippen LogP) is 4.22. The second-order valence-corrected chi connectivity index (χ2v) is 7.53. The first kappa shape index (κ1) is 19.2. The van der Waals surface area contributed by atoms with Crippen LogP contribution in [0.5, 0.6) is 0 Å². The first-order valence-electron chi connectivity index (χ1n) is 9.33. The lowest BCUT2D eigenvalue weighted by molar-refractivity contribution is -0.117. The number of nitrogens with zero attached hydrogens (tertiary/aromatic N) is 3. The van der Waals surface area contributed by atoms with E-state index in [0.29, 0.717) is 17.5 Å². The average molecular weight is 385 g/mol. The van der Waals surface area contributed by atoms with Crippen LogP contribution in [0.4, 0.5) is 10.8 Å². The zero-order chi connectivity index (χ0) is 19.2. The van der Waals surface area contributed by atoms with Crippen LogP contribution in [0.1, 0.15) is 56.0 Å². The minimum absolute atomic E-state index is 0.169. The molecule has 0 atom stereocenters. The van der Waals surface area contributed by atoms with Gasteiger partial charge in [0.05, 0.1) is 0 Å². The van der Waals surface area contributed by atoms with Gasteiger partial charge in [0.25, 0.3) is 0 Å². The fraction of sp³-hybridized carbons (Fsp3) is 0.400. The van der Waals surface area contributed by atoms with Crippen molar-refractivity contribution in [3.63, 3.8) is 0 Å². The van der Waals surface area contributed by atoms with Gasteiger partial charge in [-0.1, -0.05) is 37.3 Å². The maximum absolute atomic E-state index is 12.1. The van der Waals surface area contributed by atoms with Crippen LogP contribution in [0.15, 0.2) is 30.3 Å². The average Bonchev–Trinajstić information content (AvgIpc) is 3.31. The summed E-state index contributed by atoms with van der Waals surface area (Å²) in [6.07, 6.45) is 6.77. The fourth-order valence-corrected chi connectivity index (χ4v) is 4.11. The number of amides is 2. The standard InChI is InChI=1S/C20H24N4O2S/c1-3-15(4-2)19-22-23-20(27-19)21-17(25)12-9-14-7-10-16(11-8-14)24-13-5-6-18(24)26/h7-12,15H,3-6,13H2,1-2H3,(H,21,23,25)/b12-9+. The second-order valence-electron chi connectivity index (χ2n) is 6.52. The van der Waals surface area contributed by atoms with Crippen molar-refractivity contribution in [3.8, 4) is 0 Å². The fourth-order valence-electron chi connectivity index (χ4n) is 3.09. The zero-order valence-corrected chi connectivity index (χ0v) is 16.5. The van der Waals surface area contributed by atoms with Crippen LogP contribution in [0.2, 0.25) is 0 Å². The maximum Gasteiger partial charge on any atom is 0.250 e. The smallest absolute Gasteiger partial charge is 0.250 e. The summed E-state index contributed by atoms with van der Waals surface area (Å²) in [5, 5.41) is 12.5. The molecule has 2 heterocycles. The van der Waals surface area contributed by atoms with Crippen molar-refractivity contribution in [2.24, 2.45) is 0 Å². The molecular weight excluding hydrogens is 360 g/mol. The Labute approximate surface area is 163 Å². The number of nitrogens with one attached hydrogen (secondary N) is 1. The lowest BCUT2D eigenvalue weighted by Crippen LogP contribution is -2.23. The van der Waals surface area contributed by atoms with Gasteiger partial charge in [-0.05, 0) is 43.0 Å². The van der Waals surface area contributed by atoms with Gasteiger partial charge in [-0.25, -0.2) is 0 Å². The third-order valence-electron chi connectivity index (χ3n) is 4.71. The highest BCUT2D eigenvalue weighted by Crippen LogP contribution is 2.28. The molecule has 2 amide bonds. The van der Waals surface area contributed by atoms with Crippen molar-refractivity contribution in [1.82, 2.24) is 10.2 Å². The Morgan fingerprint density at radius 3 is 2.63 bits per heavy atom. The lowest BCUT2D eigenvalue weighted by Gasteiger charge is -2.15. The number of hydrogen-bond donors (Lipinski definition) is 1. The van der Waals surface area contributed by atoms with Crippen molar-refractivity contribution in [2.45, 2.75) is 45.4 Å². The number of aromatic nitrogens is 2. The number of carbonyl (C=O) groups is 2. The highest BCUT2D eigenvalue weighted by Gasteiger charge is 2.21. The molecule has 142 valence electrons. The monoisotopic (exact) mass is 384 g/mol.